The number of phenolic OH excluding ortho intramolecular Hbond substituents is 1. The van der Waals surface area contributed by atoms with Crippen molar-refractivity contribution in [2.75, 3.05) is 0 Å². The van der Waals surface area contributed by atoms with Crippen LogP contribution in [0.25, 0.3) is 0 Å². The molecule has 2 heterocycles. The Morgan fingerprint density at radius 3 is 3.00 bits per heavy atom. The molecule has 1 aliphatic rings. The number of hydrogen-bond donors (Lipinski definition) is 1. The molecule has 1 N–H and O–H groups in total. The Kier molecular flexibility index (Phi) is 2.37. The second kappa shape index (κ2) is 3.89. The minimum absolute atomic E-state index is 0.0480. The van der Waals surface area contributed by atoms with E-state index in [1.165, 1.54) is 6.07 Å². The van der Waals surface area contributed by atoms with Gasteiger partial charge in [0, 0.05) is 22.4 Å². The van der Waals surface area contributed by atoms with Gasteiger partial charge in [-0.05, 0) is 17.5 Å². The molecular weight excluding hydrogens is 236 g/mol. The molecule has 1 unspecified atom stereocenters. The molecule has 1 atom stereocenters. The van der Waals surface area contributed by atoms with Gasteiger partial charge in [-0.25, -0.2) is 0 Å². The number of ether oxygens (including phenoxy) is 1. The Labute approximate surface area is 102 Å². The summed E-state index contributed by atoms with van der Waals surface area (Å²) in [6.45, 7) is 0. The second-order valence-corrected chi connectivity index (χ2v) is 4.95. The van der Waals surface area contributed by atoms with Crippen LogP contribution >= 0.6 is 11.3 Å². The van der Waals surface area contributed by atoms with Gasteiger partial charge in [-0.1, -0.05) is 12.1 Å². The van der Waals surface area contributed by atoms with Crippen molar-refractivity contribution in [2.24, 2.45) is 0 Å². The summed E-state index contributed by atoms with van der Waals surface area (Å²) >= 11 is 1.63. The fourth-order valence-electron chi connectivity index (χ4n) is 2.08. The molecule has 86 valence electrons. The van der Waals surface area contributed by atoms with Gasteiger partial charge in [0.25, 0.3) is 0 Å². The van der Waals surface area contributed by atoms with Gasteiger partial charge >= 0.3 is 5.97 Å². The van der Waals surface area contributed by atoms with Crippen molar-refractivity contribution < 1.29 is 14.6 Å². The van der Waals surface area contributed by atoms with Crippen LogP contribution in [0.3, 0.4) is 0 Å². The van der Waals surface area contributed by atoms with E-state index in [0.29, 0.717) is 12.2 Å². The number of esters is 1. The number of benzene rings is 1. The summed E-state index contributed by atoms with van der Waals surface area (Å²) in [6.07, 6.45) is 0.359. The van der Waals surface area contributed by atoms with Crippen molar-refractivity contribution >= 4 is 17.3 Å². The first kappa shape index (κ1) is 10.4. The quantitative estimate of drug-likeness (QED) is 0.621. The summed E-state index contributed by atoms with van der Waals surface area (Å²) in [5, 5.41) is 11.4. The van der Waals surface area contributed by atoms with Crippen LogP contribution in [-0.4, -0.2) is 11.1 Å². The number of rotatable bonds is 1. The van der Waals surface area contributed by atoms with Gasteiger partial charge in [-0.15, -0.1) is 11.3 Å². The van der Waals surface area contributed by atoms with Gasteiger partial charge in [0.05, 0.1) is 6.42 Å². The SMILES string of the molecule is O=C1CC(c2cccs2)c2ccc(O)cc2O1. The molecule has 0 fully saturated rings. The Hall–Kier alpha value is -1.81. The molecule has 0 amide bonds. The molecule has 0 saturated heterocycles. The number of phenols is 1. The summed E-state index contributed by atoms with van der Waals surface area (Å²) < 4.78 is 5.15. The normalized spacial score (nSPS) is 18.6. The number of hydrogen-bond acceptors (Lipinski definition) is 4. The first-order chi connectivity index (χ1) is 8.24. The van der Waals surface area contributed by atoms with Crippen LogP contribution in [0.1, 0.15) is 22.8 Å². The fraction of sp³-hybridized carbons (Fsp3) is 0.154. The summed E-state index contributed by atoms with van der Waals surface area (Å²) in [6, 6.07) is 8.93. The molecule has 3 rings (SSSR count). The van der Waals surface area contributed by atoms with E-state index in [-0.39, 0.29) is 17.6 Å². The van der Waals surface area contributed by atoms with E-state index >= 15 is 0 Å². The average Bonchev–Trinajstić information content (AvgIpc) is 2.80. The van der Waals surface area contributed by atoms with E-state index in [4.69, 9.17) is 4.74 Å². The first-order valence-electron chi connectivity index (χ1n) is 5.31. The van der Waals surface area contributed by atoms with Crippen LogP contribution in [-0.2, 0) is 4.79 Å². The number of fused-ring (bicyclic) bond motifs is 1. The van der Waals surface area contributed by atoms with Crippen LogP contribution in [0.5, 0.6) is 11.5 Å². The monoisotopic (exact) mass is 246 g/mol. The Balaban J connectivity index is 2.11. The van der Waals surface area contributed by atoms with E-state index in [2.05, 4.69) is 0 Å². The highest BCUT2D eigenvalue weighted by atomic mass is 32.1. The highest BCUT2D eigenvalue weighted by Gasteiger charge is 2.29. The van der Waals surface area contributed by atoms with Gasteiger partial charge < -0.3 is 9.84 Å². The van der Waals surface area contributed by atoms with Crippen molar-refractivity contribution in [3.63, 3.8) is 0 Å². The molecule has 0 spiro atoms. The third-order valence-electron chi connectivity index (χ3n) is 2.85. The predicted octanol–water partition coefficient (Wildman–Crippen LogP) is 2.89. The van der Waals surface area contributed by atoms with Crippen LogP contribution in [0.4, 0.5) is 0 Å². The average molecular weight is 246 g/mol. The standard InChI is InChI=1S/C13H10O3S/c14-8-3-4-9-10(12-2-1-5-17-12)7-13(15)16-11(9)6-8/h1-6,10,14H,7H2. The van der Waals surface area contributed by atoms with Crippen molar-refractivity contribution in [3.8, 4) is 11.5 Å². The van der Waals surface area contributed by atoms with Crippen LogP contribution in [0.2, 0.25) is 0 Å². The lowest BCUT2D eigenvalue weighted by atomic mass is 9.91. The van der Waals surface area contributed by atoms with E-state index in [1.54, 1.807) is 17.4 Å². The Morgan fingerprint density at radius 2 is 2.24 bits per heavy atom. The van der Waals surface area contributed by atoms with Gasteiger partial charge in [0.2, 0.25) is 0 Å². The molecule has 0 saturated carbocycles. The summed E-state index contributed by atoms with van der Waals surface area (Å²) in [5.41, 5.74) is 0.963. The van der Waals surface area contributed by atoms with E-state index in [1.807, 2.05) is 23.6 Å². The number of carbonyl (C=O) groups excluding carboxylic acids is 1. The number of carbonyl (C=O) groups is 1. The molecule has 0 bridgehead atoms. The zero-order chi connectivity index (χ0) is 11.8. The number of thiophene rings is 1. The zero-order valence-electron chi connectivity index (χ0n) is 8.92. The largest absolute Gasteiger partial charge is 0.508 e. The van der Waals surface area contributed by atoms with E-state index in [9.17, 15) is 9.90 Å². The highest BCUT2D eigenvalue weighted by molar-refractivity contribution is 7.10. The van der Waals surface area contributed by atoms with Crippen molar-refractivity contribution in [2.45, 2.75) is 12.3 Å². The highest BCUT2D eigenvalue weighted by Crippen LogP contribution is 2.41. The van der Waals surface area contributed by atoms with Gasteiger partial charge in [0.15, 0.2) is 0 Å². The maximum absolute atomic E-state index is 11.5. The van der Waals surface area contributed by atoms with Gasteiger partial charge in [-0.2, -0.15) is 0 Å². The van der Waals surface area contributed by atoms with Crippen LogP contribution < -0.4 is 4.74 Å². The molecule has 3 nitrogen and oxygen atoms in total. The number of aromatic hydroxyl groups is 1. The fourth-order valence-corrected chi connectivity index (χ4v) is 2.93. The van der Waals surface area contributed by atoms with E-state index in [0.717, 1.165) is 10.4 Å². The predicted molar refractivity (Wildman–Crippen MR) is 64.5 cm³/mol. The molecule has 2 aromatic rings. The molecule has 1 aliphatic heterocycles. The smallest absolute Gasteiger partial charge is 0.312 e. The summed E-state index contributed by atoms with van der Waals surface area (Å²) in [7, 11) is 0. The third-order valence-corrected chi connectivity index (χ3v) is 3.84. The molecule has 0 aliphatic carbocycles. The third kappa shape index (κ3) is 1.80. The van der Waals surface area contributed by atoms with Crippen molar-refractivity contribution in [1.82, 2.24) is 0 Å². The topological polar surface area (TPSA) is 46.5 Å². The van der Waals surface area contributed by atoms with Crippen LogP contribution in [0, 0.1) is 0 Å². The maximum atomic E-state index is 11.5. The molecule has 4 heteroatoms. The molecular formula is C13H10O3S. The molecule has 17 heavy (non-hydrogen) atoms. The lowest BCUT2D eigenvalue weighted by Crippen LogP contribution is -2.20. The van der Waals surface area contributed by atoms with Gasteiger partial charge in [-0.3, -0.25) is 4.79 Å². The molecule has 1 aromatic carbocycles. The maximum Gasteiger partial charge on any atom is 0.312 e. The molecule has 0 radical (unpaired) electrons. The Morgan fingerprint density at radius 1 is 1.35 bits per heavy atom. The summed E-state index contributed by atoms with van der Waals surface area (Å²) in [5.74, 6) is 0.386. The zero-order valence-corrected chi connectivity index (χ0v) is 9.74. The van der Waals surface area contributed by atoms with Crippen molar-refractivity contribution in [1.29, 1.82) is 0 Å². The van der Waals surface area contributed by atoms with Gasteiger partial charge in [0.1, 0.15) is 11.5 Å². The summed E-state index contributed by atoms with van der Waals surface area (Å²) in [4.78, 5) is 12.7. The lowest BCUT2D eigenvalue weighted by molar-refractivity contribution is -0.135. The van der Waals surface area contributed by atoms with E-state index < -0.39 is 0 Å². The lowest BCUT2D eigenvalue weighted by Gasteiger charge is -2.23. The van der Waals surface area contributed by atoms with Crippen LogP contribution in [0.15, 0.2) is 35.7 Å². The first-order valence-corrected chi connectivity index (χ1v) is 6.19. The minimum atomic E-state index is -0.249. The molecule has 1 aromatic heterocycles. The second-order valence-electron chi connectivity index (χ2n) is 3.97. The Bertz CT molecular complexity index is 560. The van der Waals surface area contributed by atoms with Crippen molar-refractivity contribution in [3.05, 3.63) is 46.2 Å². The minimum Gasteiger partial charge on any atom is -0.508 e.